The SMILES string of the molecule is COc1ccc(C(=O)NC(CC(C)C)c2nc3ccccc3[nH]2)cc1[N+](=O)[O-]. The molecule has 2 aromatic carbocycles. The first-order chi connectivity index (χ1) is 13.4. The van der Waals surface area contributed by atoms with Crippen LogP contribution in [0.3, 0.4) is 0 Å². The normalized spacial score (nSPS) is 12.1. The summed E-state index contributed by atoms with van der Waals surface area (Å²) in [6.45, 7) is 4.11. The number of rotatable bonds is 7. The van der Waals surface area contributed by atoms with E-state index in [2.05, 4.69) is 29.1 Å². The zero-order valence-corrected chi connectivity index (χ0v) is 15.9. The van der Waals surface area contributed by atoms with Crippen LogP contribution in [0.5, 0.6) is 5.75 Å². The number of ether oxygens (including phenoxy) is 1. The maximum Gasteiger partial charge on any atom is 0.311 e. The number of nitrogens with zero attached hydrogens (tertiary/aromatic N) is 2. The van der Waals surface area contributed by atoms with Gasteiger partial charge in [0.05, 0.1) is 29.1 Å². The molecule has 1 amide bonds. The topological polar surface area (TPSA) is 110 Å². The Bertz CT molecular complexity index is 979. The number of aromatic amines is 1. The van der Waals surface area contributed by atoms with Gasteiger partial charge in [0.15, 0.2) is 5.75 Å². The van der Waals surface area contributed by atoms with Crippen LogP contribution < -0.4 is 10.1 Å². The summed E-state index contributed by atoms with van der Waals surface area (Å²) in [4.78, 5) is 31.3. The van der Waals surface area contributed by atoms with E-state index in [4.69, 9.17) is 4.74 Å². The lowest BCUT2D eigenvalue weighted by Crippen LogP contribution is -2.30. The summed E-state index contributed by atoms with van der Waals surface area (Å²) in [5.41, 5.74) is 1.65. The Hall–Kier alpha value is -3.42. The smallest absolute Gasteiger partial charge is 0.311 e. The predicted octanol–water partition coefficient (Wildman–Crippen LogP) is 4.00. The van der Waals surface area contributed by atoms with Gasteiger partial charge >= 0.3 is 5.69 Å². The highest BCUT2D eigenvalue weighted by molar-refractivity contribution is 5.95. The number of fused-ring (bicyclic) bond motifs is 1. The average Bonchev–Trinajstić information content (AvgIpc) is 3.10. The molecular weight excluding hydrogens is 360 g/mol. The van der Waals surface area contributed by atoms with Crippen molar-refractivity contribution in [2.75, 3.05) is 7.11 Å². The number of methoxy groups -OCH3 is 1. The van der Waals surface area contributed by atoms with E-state index in [-0.39, 0.29) is 23.0 Å². The number of hydrogen-bond acceptors (Lipinski definition) is 5. The van der Waals surface area contributed by atoms with Gasteiger partial charge in [-0.05, 0) is 36.6 Å². The second-order valence-corrected chi connectivity index (χ2v) is 6.94. The summed E-state index contributed by atoms with van der Waals surface area (Å²) >= 11 is 0. The highest BCUT2D eigenvalue weighted by atomic mass is 16.6. The van der Waals surface area contributed by atoms with Crippen LogP contribution in [0.15, 0.2) is 42.5 Å². The van der Waals surface area contributed by atoms with Gasteiger partial charge in [0, 0.05) is 11.6 Å². The van der Waals surface area contributed by atoms with E-state index in [1.165, 1.54) is 25.3 Å². The van der Waals surface area contributed by atoms with E-state index in [0.717, 1.165) is 11.0 Å². The molecule has 28 heavy (non-hydrogen) atoms. The quantitative estimate of drug-likeness (QED) is 0.474. The van der Waals surface area contributed by atoms with Gasteiger partial charge in [-0.2, -0.15) is 0 Å². The number of carbonyl (C=O) groups is 1. The predicted molar refractivity (Wildman–Crippen MR) is 105 cm³/mol. The maximum absolute atomic E-state index is 12.8. The number of carbonyl (C=O) groups excluding carboxylic acids is 1. The zero-order valence-electron chi connectivity index (χ0n) is 15.9. The lowest BCUT2D eigenvalue weighted by Gasteiger charge is -2.19. The number of amides is 1. The molecule has 1 atom stereocenters. The van der Waals surface area contributed by atoms with Crippen LogP contribution in [0.1, 0.15) is 42.5 Å². The number of nitro groups is 1. The van der Waals surface area contributed by atoms with Gasteiger partial charge in [0.1, 0.15) is 5.82 Å². The van der Waals surface area contributed by atoms with Crippen molar-refractivity contribution in [3.63, 3.8) is 0 Å². The van der Waals surface area contributed by atoms with Crippen LogP contribution in [-0.2, 0) is 0 Å². The van der Waals surface area contributed by atoms with E-state index in [1.807, 2.05) is 24.3 Å². The van der Waals surface area contributed by atoms with Crippen molar-refractivity contribution in [1.82, 2.24) is 15.3 Å². The summed E-state index contributed by atoms with van der Waals surface area (Å²) in [5, 5.41) is 14.2. The standard InChI is InChI=1S/C20H22N4O4/c1-12(2)10-16(19-21-14-6-4-5-7-15(14)22-19)23-20(25)13-8-9-18(28-3)17(11-13)24(26)27/h4-9,11-12,16H,10H2,1-3H3,(H,21,22)(H,23,25). The van der Waals surface area contributed by atoms with E-state index in [0.29, 0.717) is 18.2 Å². The number of H-pyrrole nitrogens is 1. The molecule has 1 unspecified atom stereocenters. The summed E-state index contributed by atoms with van der Waals surface area (Å²) < 4.78 is 4.99. The fraction of sp³-hybridized carbons (Fsp3) is 0.300. The van der Waals surface area contributed by atoms with Crippen molar-refractivity contribution in [2.24, 2.45) is 5.92 Å². The van der Waals surface area contributed by atoms with Gasteiger partial charge in [0.2, 0.25) is 0 Å². The minimum absolute atomic E-state index is 0.109. The van der Waals surface area contributed by atoms with E-state index < -0.39 is 10.8 Å². The molecule has 0 spiro atoms. The molecule has 0 saturated heterocycles. The molecule has 0 aliphatic rings. The van der Waals surface area contributed by atoms with Gasteiger partial charge < -0.3 is 15.0 Å². The number of nitro benzene ring substituents is 1. The van der Waals surface area contributed by atoms with Crippen molar-refractivity contribution < 1.29 is 14.5 Å². The second kappa shape index (κ2) is 8.08. The first kappa shape index (κ1) is 19.3. The van der Waals surface area contributed by atoms with Crippen LogP contribution in [0.4, 0.5) is 5.69 Å². The number of nitrogens with one attached hydrogen (secondary N) is 2. The Balaban J connectivity index is 1.89. The monoisotopic (exact) mass is 382 g/mol. The van der Waals surface area contributed by atoms with Gasteiger partial charge in [-0.1, -0.05) is 26.0 Å². The number of para-hydroxylation sites is 2. The minimum atomic E-state index is -0.569. The molecule has 3 rings (SSSR count). The molecule has 146 valence electrons. The van der Waals surface area contributed by atoms with Crippen molar-refractivity contribution in [3.8, 4) is 5.75 Å². The van der Waals surface area contributed by atoms with Crippen LogP contribution in [-0.4, -0.2) is 27.9 Å². The molecule has 0 saturated carbocycles. The van der Waals surface area contributed by atoms with Gasteiger partial charge in [-0.25, -0.2) is 4.98 Å². The Morgan fingerprint density at radius 2 is 2.04 bits per heavy atom. The Morgan fingerprint density at radius 3 is 2.68 bits per heavy atom. The number of benzene rings is 2. The molecule has 0 bridgehead atoms. The zero-order chi connectivity index (χ0) is 20.3. The highest BCUT2D eigenvalue weighted by Gasteiger charge is 2.23. The van der Waals surface area contributed by atoms with Gasteiger partial charge in [-0.15, -0.1) is 0 Å². The molecule has 3 aromatic rings. The molecular formula is C20H22N4O4. The van der Waals surface area contributed by atoms with Crippen molar-refractivity contribution in [3.05, 3.63) is 64.0 Å². The lowest BCUT2D eigenvalue weighted by atomic mass is 10.0. The third-order valence-corrected chi connectivity index (χ3v) is 4.39. The fourth-order valence-electron chi connectivity index (χ4n) is 3.06. The molecule has 1 heterocycles. The fourth-order valence-corrected chi connectivity index (χ4v) is 3.06. The summed E-state index contributed by atoms with van der Waals surface area (Å²) in [6.07, 6.45) is 0.670. The molecule has 0 fully saturated rings. The molecule has 0 aliphatic carbocycles. The molecule has 0 radical (unpaired) electrons. The number of hydrogen-bond donors (Lipinski definition) is 2. The van der Waals surface area contributed by atoms with E-state index >= 15 is 0 Å². The van der Waals surface area contributed by atoms with Gasteiger partial charge in [0.25, 0.3) is 5.91 Å². The number of aromatic nitrogens is 2. The molecule has 2 N–H and O–H groups in total. The Labute approximate surface area is 162 Å². The van der Waals surface area contributed by atoms with Crippen LogP contribution >= 0.6 is 0 Å². The molecule has 8 heteroatoms. The highest BCUT2D eigenvalue weighted by Crippen LogP contribution is 2.28. The van der Waals surface area contributed by atoms with Crippen molar-refractivity contribution in [1.29, 1.82) is 0 Å². The first-order valence-corrected chi connectivity index (χ1v) is 8.97. The lowest BCUT2D eigenvalue weighted by molar-refractivity contribution is -0.385. The summed E-state index contributed by atoms with van der Waals surface area (Å²) in [6, 6.07) is 11.4. The van der Waals surface area contributed by atoms with Gasteiger partial charge in [-0.3, -0.25) is 14.9 Å². The minimum Gasteiger partial charge on any atom is -0.490 e. The van der Waals surface area contributed by atoms with Crippen molar-refractivity contribution in [2.45, 2.75) is 26.3 Å². The van der Waals surface area contributed by atoms with Crippen LogP contribution in [0.25, 0.3) is 11.0 Å². The summed E-state index contributed by atoms with van der Waals surface area (Å²) in [5.74, 6) is 0.671. The first-order valence-electron chi connectivity index (χ1n) is 8.97. The Kier molecular flexibility index (Phi) is 5.58. The Morgan fingerprint density at radius 1 is 1.29 bits per heavy atom. The molecule has 8 nitrogen and oxygen atoms in total. The van der Waals surface area contributed by atoms with Crippen LogP contribution in [0.2, 0.25) is 0 Å². The van der Waals surface area contributed by atoms with E-state index in [1.54, 1.807) is 0 Å². The largest absolute Gasteiger partial charge is 0.490 e. The number of imidazole rings is 1. The summed E-state index contributed by atoms with van der Waals surface area (Å²) in [7, 11) is 1.35. The van der Waals surface area contributed by atoms with E-state index in [9.17, 15) is 14.9 Å². The third-order valence-electron chi connectivity index (χ3n) is 4.39. The van der Waals surface area contributed by atoms with Crippen LogP contribution in [0, 0.1) is 16.0 Å². The molecule has 0 aliphatic heterocycles. The second-order valence-electron chi connectivity index (χ2n) is 6.94. The average molecular weight is 382 g/mol. The third kappa shape index (κ3) is 4.11. The van der Waals surface area contributed by atoms with Crippen molar-refractivity contribution >= 4 is 22.6 Å². The maximum atomic E-state index is 12.8. The molecule has 1 aromatic heterocycles.